The zero-order valence-corrected chi connectivity index (χ0v) is 16.1. The van der Waals surface area contributed by atoms with Gasteiger partial charge in [-0.05, 0) is 55.7 Å². The number of benzene rings is 2. The van der Waals surface area contributed by atoms with E-state index in [1.54, 1.807) is 7.11 Å². The van der Waals surface area contributed by atoms with E-state index in [2.05, 4.69) is 54.8 Å². The van der Waals surface area contributed by atoms with Gasteiger partial charge in [-0.2, -0.15) is 0 Å². The third-order valence-electron chi connectivity index (χ3n) is 4.93. The molecule has 0 bridgehead atoms. The van der Waals surface area contributed by atoms with Crippen LogP contribution in [0.4, 0.5) is 11.5 Å². The predicted octanol–water partition coefficient (Wildman–Crippen LogP) is 5.68. The fourth-order valence-electron chi connectivity index (χ4n) is 3.48. The number of ether oxygens (including phenoxy) is 1. The summed E-state index contributed by atoms with van der Waals surface area (Å²) in [7, 11) is 1.69. The normalized spacial score (nSPS) is 11.0. The Morgan fingerprint density at radius 2 is 1.56 bits per heavy atom. The van der Waals surface area contributed by atoms with Crippen molar-refractivity contribution in [3.05, 3.63) is 77.5 Å². The van der Waals surface area contributed by atoms with Crippen molar-refractivity contribution in [2.75, 3.05) is 12.4 Å². The zero-order chi connectivity index (χ0) is 19.0. The summed E-state index contributed by atoms with van der Waals surface area (Å²) in [6.07, 6.45) is 2.05. The van der Waals surface area contributed by atoms with Gasteiger partial charge in [0.05, 0.1) is 7.11 Å². The van der Waals surface area contributed by atoms with Crippen LogP contribution in [0.5, 0.6) is 5.75 Å². The number of hydrogen-bond donors (Lipinski definition) is 1. The quantitative estimate of drug-likeness (QED) is 0.511. The molecule has 2 aromatic heterocycles. The molecule has 2 aromatic carbocycles. The Labute approximate surface area is 159 Å². The zero-order valence-electron chi connectivity index (χ0n) is 16.1. The molecule has 0 fully saturated rings. The van der Waals surface area contributed by atoms with Crippen molar-refractivity contribution in [1.82, 2.24) is 9.38 Å². The van der Waals surface area contributed by atoms with Gasteiger partial charge in [-0.3, -0.25) is 4.40 Å². The van der Waals surface area contributed by atoms with E-state index in [0.717, 1.165) is 39.7 Å². The van der Waals surface area contributed by atoms with Gasteiger partial charge in [-0.25, -0.2) is 4.98 Å². The summed E-state index contributed by atoms with van der Waals surface area (Å²) in [5.41, 5.74) is 7.42. The second-order valence-electron chi connectivity index (χ2n) is 6.79. The number of nitrogens with zero attached hydrogens (tertiary/aromatic N) is 2. The monoisotopic (exact) mass is 357 g/mol. The highest BCUT2D eigenvalue weighted by Crippen LogP contribution is 2.37. The van der Waals surface area contributed by atoms with E-state index in [1.165, 1.54) is 11.1 Å². The Bertz CT molecular complexity index is 1110. The molecular weight excluding hydrogens is 334 g/mol. The molecule has 0 spiro atoms. The van der Waals surface area contributed by atoms with E-state index in [0.29, 0.717) is 0 Å². The van der Waals surface area contributed by atoms with Crippen LogP contribution in [0.1, 0.15) is 16.7 Å². The molecule has 4 rings (SSSR count). The number of pyridine rings is 1. The number of fused-ring (bicyclic) bond motifs is 1. The van der Waals surface area contributed by atoms with Gasteiger partial charge < -0.3 is 10.1 Å². The van der Waals surface area contributed by atoms with Crippen molar-refractivity contribution in [2.45, 2.75) is 20.8 Å². The molecule has 4 heteroatoms. The smallest absolute Gasteiger partial charge is 0.143 e. The highest BCUT2D eigenvalue weighted by molar-refractivity contribution is 5.84. The van der Waals surface area contributed by atoms with Crippen molar-refractivity contribution < 1.29 is 4.74 Å². The Hall–Kier alpha value is -3.27. The van der Waals surface area contributed by atoms with Crippen molar-refractivity contribution in [3.63, 3.8) is 0 Å². The van der Waals surface area contributed by atoms with Crippen LogP contribution in [0.2, 0.25) is 0 Å². The third kappa shape index (κ3) is 2.93. The molecule has 27 heavy (non-hydrogen) atoms. The van der Waals surface area contributed by atoms with E-state index in [9.17, 15) is 0 Å². The maximum Gasteiger partial charge on any atom is 0.143 e. The second kappa shape index (κ2) is 6.80. The van der Waals surface area contributed by atoms with Gasteiger partial charge in [0.2, 0.25) is 0 Å². The number of aromatic nitrogens is 2. The summed E-state index contributed by atoms with van der Waals surface area (Å²) in [5.74, 6) is 1.75. The van der Waals surface area contributed by atoms with Gasteiger partial charge in [0.25, 0.3) is 0 Å². The second-order valence-corrected chi connectivity index (χ2v) is 6.79. The van der Waals surface area contributed by atoms with Crippen LogP contribution in [0, 0.1) is 20.8 Å². The van der Waals surface area contributed by atoms with E-state index in [1.807, 2.05) is 36.5 Å². The summed E-state index contributed by atoms with van der Waals surface area (Å²) in [6.45, 7) is 6.32. The van der Waals surface area contributed by atoms with Crippen molar-refractivity contribution >= 4 is 17.2 Å². The Balaban J connectivity index is 1.99. The standard InChI is InChI=1S/C23H23N3O/c1-15-9-7-10-16(2)20(15)24-23-21(18-12-5-6-13-19(18)27-4)25-22-17(3)11-8-14-26(22)23/h5-14,24H,1-4H3. The van der Waals surface area contributed by atoms with Crippen LogP contribution in [-0.4, -0.2) is 16.5 Å². The van der Waals surface area contributed by atoms with Crippen LogP contribution < -0.4 is 10.1 Å². The Kier molecular flexibility index (Phi) is 4.32. The Morgan fingerprint density at radius 3 is 2.30 bits per heavy atom. The van der Waals surface area contributed by atoms with Gasteiger partial charge in [0, 0.05) is 17.4 Å². The van der Waals surface area contributed by atoms with Crippen LogP contribution in [0.3, 0.4) is 0 Å². The topological polar surface area (TPSA) is 38.6 Å². The van der Waals surface area contributed by atoms with Gasteiger partial charge in [-0.15, -0.1) is 0 Å². The van der Waals surface area contributed by atoms with Crippen LogP contribution in [0.15, 0.2) is 60.8 Å². The number of imidazole rings is 1. The first-order chi connectivity index (χ1) is 13.1. The molecule has 0 radical (unpaired) electrons. The summed E-state index contributed by atoms with van der Waals surface area (Å²) in [6, 6.07) is 18.4. The van der Waals surface area contributed by atoms with Crippen LogP contribution in [0.25, 0.3) is 16.9 Å². The number of methoxy groups -OCH3 is 1. The van der Waals surface area contributed by atoms with E-state index >= 15 is 0 Å². The fourth-order valence-corrected chi connectivity index (χ4v) is 3.48. The summed E-state index contributed by atoms with van der Waals surface area (Å²) >= 11 is 0. The number of para-hydroxylation sites is 2. The third-order valence-corrected chi connectivity index (χ3v) is 4.93. The molecule has 4 nitrogen and oxygen atoms in total. The number of rotatable bonds is 4. The maximum atomic E-state index is 5.60. The molecule has 1 N–H and O–H groups in total. The number of nitrogens with one attached hydrogen (secondary N) is 1. The van der Waals surface area contributed by atoms with Gasteiger partial charge in [0.1, 0.15) is 22.9 Å². The molecule has 0 aliphatic carbocycles. The molecule has 0 atom stereocenters. The molecular formula is C23H23N3O. The molecule has 0 aliphatic rings. The lowest BCUT2D eigenvalue weighted by molar-refractivity contribution is 0.416. The highest BCUT2D eigenvalue weighted by Gasteiger charge is 2.19. The van der Waals surface area contributed by atoms with E-state index < -0.39 is 0 Å². The average Bonchev–Trinajstić information content (AvgIpc) is 3.04. The molecule has 4 aromatic rings. The minimum absolute atomic E-state index is 0.808. The minimum Gasteiger partial charge on any atom is -0.496 e. The molecule has 0 saturated heterocycles. The molecule has 0 amide bonds. The predicted molar refractivity (Wildman–Crippen MR) is 111 cm³/mol. The molecule has 2 heterocycles. The average molecular weight is 357 g/mol. The van der Waals surface area contributed by atoms with E-state index in [-0.39, 0.29) is 0 Å². The van der Waals surface area contributed by atoms with Crippen LogP contribution in [-0.2, 0) is 0 Å². The van der Waals surface area contributed by atoms with Gasteiger partial charge in [0.15, 0.2) is 0 Å². The summed E-state index contributed by atoms with van der Waals surface area (Å²) in [4.78, 5) is 4.97. The largest absolute Gasteiger partial charge is 0.496 e. The first-order valence-corrected chi connectivity index (χ1v) is 9.04. The minimum atomic E-state index is 0.808. The van der Waals surface area contributed by atoms with Crippen LogP contribution >= 0.6 is 0 Å². The number of aryl methyl sites for hydroxylation is 3. The van der Waals surface area contributed by atoms with Gasteiger partial charge in [-0.1, -0.05) is 36.4 Å². The lowest BCUT2D eigenvalue weighted by atomic mass is 10.1. The van der Waals surface area contributed by atoms with Crippen molar-refractivity contribution in [2.24, 2.45) is 0 Å². The summed E-state index contributed by atoms with van der Waals surface area (Å²) in [5, 5.41) is 3.65. The molecule has 0 saturated carbocycles. The van der Waals surface area contributed by atoms with Crippen molar-refractivity contribution in [3.8, 4) is 17.0 Å². The maximum absolute atomic E-state index is 5.60. The van der Waals surface area contributed by atoms with Gasteiger partial charge >= 0.3 is 0 Å². The fraction of sp³-hybridized carbons (Fsp3) is 0.174. The lowest BCUT2D eigenvalue weighted by Gasteiger charge is -2.15. The molecule has 136 valence electrons. The molecule has 0 aliphatic heterocycles. The van der Waals surface area contributed by atoms with Crippen molar-refractivity contribution in [1.29, 1.82) is 0 Å². The van der Waals surface area contributed by atoms with E-state index in [4.69, 9.17) is 9.72 Å². The lowest BCUT2D eigenvalue weighted by Crippen LogP contribution is -2.01. The highest BCUT2D eigenvalue weighted by atomic mass is 16.5. The first kappa shape index (κ1) is 17.2. The number of hydrogen-bond acceptors (Lipinski definition) is 3. The number of anilines is 2. The Morgan fingerprint density at radius 1 is 0.852 bits per heavy atom. The molecule has 0 unspecified atom stereocenters. The summed E-state index contributed by atoms with van der Waals surface area (Å²) < 4.78 is 7.72. The SMILES string of the molecule is COc1ccccc1-c1nc2c(C)cccn2c1Nc1c(C)cccc1C. The first-order valence-electron chi connectivity index (χ1n) is 9.04.